The molecule has 138 valence electrons. The first-order valence-electron chi connectivity index (χ1n) is 7.68. The molecule has 0 aliphatic rings. The molecule has 3 aromatic rings. The van der Waals surface area contributed by atoms with Crippen molar-refractivity contribution < 1.29 is 17.2 Å². The Morgan fingerprint density at radius 1 is 1.31 bits per heavy atom. The van der Waals surface area contributed by atoms with Gasteiger partial charge in [-0.25, -0.2) is 26.9 Å². The summed E-state index contributed by atoms with van der Waals surface area (Å²) in [6, 6.07) is 3.46. The summed E-state index contributed by atoms with van der Waals surface area (Å²) in [4.78, 5) is 4.08. The summed E-state index contributed by atoms with van der Waals surface area (Å²) in [5.41, 5.74) is 7.06. The van der Waals surface area contributed by atoms with Gasteiger partial charge in [0.05, 0.1) is 5.69 Å². The predicted molar refractivity (Wildman–Crippen MR) is 91.7 cm³/mol. The normalized spacial score (nSPS) is 13.3. The molecule has 0 amide bonds. The van der Waals surface area contributed by atoms with Crippen LogP contribution in [0.1, 0.15) is 17.3 Å². The second-order valence-electron chi connectivity index (χ2n) is 5.88. The highest BCUT2D eigenvalue weighted by molar-refractivity contribution is 7.89. The number of halogens is 2. The average Bonchev–Trinajstić information content (AvgIpc) is 2.87. The SMILES string of the molecule is Cc1nn(C)c2ncc(S(=O)(=O)NC[C@@H](N)c3ccc(F)cc3F)cc12. The van der Waals surface area contributed by atoms with Crippen LogP contribution in [0, 0.1) is 18.6 Å². The van der Waals surface area contributed by atoms with Gasteiger partial charge in [0.1, 0.15) is 16.5 Å². The number of nitrogens with one attached hydrogen (secondary N) is 1. The zero-order chi connectivity index (χ0) is 19.1. The van der Waals surface area contributed by atoms with Crippen molar-refractivity contribution in [3.63, 3.8) is 0 Å². The van der Waals surface area contributed by atoms with Crippen LogP contribution >= 0.6 is 0 Å². The van der Waals surface area contributed by atoms with Crippen LogP contribution in [0.4, 0.5) is 8.78 Å². The molecular weight excluding hydrogens is 364 g/mol. The highest BCUT2D eigenvalue weighted by Gasteiger charge is 2.20. The van der Waals surface area contributed by atoms with Gasteiger partial charge in [-0.1, -0.05) is 6.07 Å². The van der Waals surface area contributed by atoms with Crippen LogP contribution in [-0.4, -0.2) is 29.7 Å². The summed E-state index contributed by atoms with van der Waals surface area (Å²) in [6.07, 6.45) is 1.22. The maximum atomic E-state index is 13.7. The van der Waals surface area contributed by atoms with Gasteiger partial charge in [-0.2, -0.15) is 5.10 Å². The molecule has 3 N–H and O–H groups in total. The van der Waals surface area contributed by atoms with Gasteiger partial charge in [-0.05, 0) is 19.1 Å². The summed E-state index contributed by atoms with van der Waals surface area (Å²) in [5.74, 6) is -1.56. The van der Waals surface area contributed by atoms with Crippen LogP contribution in [0.2, 0.25) is 0 Å². The Morgan fingerprint density at radius 3 is 2.73 bits per heavy atom. The molecule has 0 aliphatic heterocycles. The van der Waals surface area contributed by atoms with Gasteiger partial charge in [0.2, 0.25) is 10.0 Å². The number of aryl methyl sites for hydroxylation is 2. The number of benzene rings is 1. The highest BCUT2D eigenvalue weighted by Crippen LogP contribution is 2.20. The van der Waals surface area contributed by atoms with Gasteiger partial charge in [0.15, 0.2) is 5.65 Å². The molecule has 0 saturated heterocycles. The third kappa shape index (κ3) is 3.43. The maximum Gasteiger partial charge on any atom is 0.242 e. The lowest BCUT2D eigenvalue weighted by Crippen LogP contribution is -2.32. The molecule has 2 heterocycles. The van der Waals surface area contributed by atoms with Crippen molar-refractivity contribution >= 4 is 21.1 Å². The fourth-order valence-corrected chi connectivity index (χ4v) is 3.66. The topological polar surface area (TPSA) is 103 Å². The minimum absolute atomic E-state index is 0.0192. The van der Waals surface area contributed by atoms with E-state index in [9.17, 15) is 17.2 Å². The number of nitrogens with zero attached hydrogens (tertiary/aromatic N) is 3. The Morgan fingerprint density at radius 2 is 2.04 bits per heavy atom. The molecule has 0 fully saturated rings. The number of pyridine rings is 1. The summed E-state index contributed by atoms with van der Waals surface area (Å²) < 4.78 is 55.6. The molecule has 1 atom stereocenters. The van der Waals surface area contributed by atoms with E-state index in [4.69, 9.17) is 5.73 Å². The van der Waals surface area contributed by atoms with Crippen molar-refractivity contribution in [1.29, 1.82) is 0 Å². The number of rotatable bonds is 5. The molecule has 0 spiro atoms. The quantitative estimate of drug-likeness (QED) is 0.698. The minimum atomic E-state index is -3.91. The van der Waals surface area contributed by atoms with Crippen LogP contribution in [0.25, 0.3) is 11.0 Å². The molecule has 0 saturated carbocycles. The zero-order valence-corrected chi connectivity index (χ0v) is 14.9. The molecule has 0 unspecified atom stereocenters. The molecule has 26 heavy (non-hydrogen) atoms. The number of nitrogens with two attached hydrogens (primary N) is 1. The molecule has 7 nitrogen and oxygen atoms in total. The number of hydrogen-bond donors (Lipinski definition) is 2. The maximum absolute atomic E-state index is 13.7. The van der Waals surface area contributed by atoms with E-state index in [1.165, 1.54) is 18.3 Å². The van der Waals surface area contributed by atoms with Gasteiger partial charge in [0, 0.05) is 42.8 Å². The van der Waals surface area contributed by atoms with Crippen molar-refractivity contribution in [1.82, 2.24) is 19.5 Å². The summed E-state index contributed by atoms with van der Waals surface area (Å²) in [7, 11) is -2.20. The zero-order valence-electron chi connectivity index (χ0n) is 14.1. The van der Waals surface area contributed by atoms with Crippen molar-refractivity contribution in [3.05, 3.63) is 53.4 Å². The third-order valence-electron chi connectivity index (χ3n) is 4.00. The minimum Gasteiger partial charge on any atom is -0.323 e. The first-order chi connectivity index (χ1) is 12.2. The van der Waals surface area contributed by atoms with E-state index in [2.05, 4.69) is 14.8 Å². The molecule has 0 bridgehead atoms. The Kier molecular flexibility index (Phi) is 4.74. The van der Waals surface area contributed by atoms with Crippen LogP contribution in [0.3, 0.4) is 0 Å². The van der Waals surface area contributed by atoms with Crippen LogP contribution in [-0.2, 0) is 17.1 Å². The summed E-state index contributed by atoms with van der Waals surface area (Å²) in [5, 5.41) is 4.81. The van der Waals surface area contributed by atoms with Crippen molar-refractivity contribution in [2.24, 2.45) is 12.8 Å². The second-order valence-corrected chi connectivity index (χ2v) is 7.64. The van der Waals surface area contributed by atoms with E-state index in [-0.39, 0.29) is 17.0 Å². The molecule has 1 aromatic carbocycles. The van der Waals surface area contributed by atoms with Crippen molar-refractivity contribution in [2.45, 2.75) is 17.9 Å². The average molecular weight is 381 g/mol. The Bertz CT molecular complexity index is 1080. The Balaban J connectivity index is 1.81. The van der Waals surface area contributed by atoms with Crippen molar-refractivity contribution in [3.8, 4) is 0 Å². The standard InChI is InChI=1S/C16H17F2N5O2S/c1-9-13-6-11(7-20-16(13)23(2)22-9)26(24,25)21-8-15(19)12-4-3-10(17)5-14(12)18/h3-7,15,21H,8,19H2,1-2H3/t15-/m1/s1. The Hall–Kier alpha value is -2.43. The molecule has 0 aliphatic carbocycles. The van der Waals surface area contributed by atoms with E-state index in [0.29, 0.717) is 22.8 Å². The number of aromatic nitrogens is 3. The van der Waals surface area contributed by atoms with Crippen LogP contribution < -0.4 is 10.5 Å². The molecule has 10 heteroatoms. The lowest BCUT2D eigenvalue weighted by Gasteiger charge is -2.14. The number of sulfonamides is 1. The number of fused-ring (bicyclic) bond motifs is 1. The van der Waals surface area contributed by atoms with Crippen molar-refractivity contribution in [2.75, 3.05) is 6.54 Å². The molecular formula is C16H17F2N5O2S. The van der Waals surface area contributed by atoms with Crippen LogP contribution in [0.15, 0.2) is 35.4 Å². The van der Waals surface area contributed by atoms with E-state index in [0.717, 1.165) is 6.07 Å². The van der Waals surface area contributed by atoms with E-state index < -0.39 is 27.7 Å². The first kappa shape index (κ1) is 18.4. The van der Waals surface area contributed by atoms with E-state index >= 15 is 0 Å². The molecule has 3 rings (SSSR count). The van der Waals surface area contributed by atoms with E-state index in [1.807, 2.05) is 0 Å². The fourth-order valence-electron chi connectivity index (χ4n) is 2.63. The van der Waals surface area contributed by atoms with Gasteiger partial charge in [0.25, 0.3) is 0 Å². The first-order valence-corrected chi connectivity index (χ1v) is 9.17. The largest absolute Gasteiger partial charge is 0.323 e. The molecule has 2 aromatic heterocycles. The Labute approximate surface area is 148 Å². The lowest BCUT2D eigenvalue weighted by atomic mass is 10.1. The summed E-state index contributed by atoms with van der Waals surface area (Å²) in [6.45, 7) is 1.50. The lowest BCUT2D eigenvalue weighted by molar-refractivity contribution is 0.543. The van der Waals surface area contributed by atoms with Gasteiger partial charge in [-0.15, -0.1) is 0 Å². The third-order valence-corrected chi connectivity index (χ3v) is 5.39. The van der Waals surface area contributed by atoms with Gasteiger partial charge < -0.3 is 5.73 Å². The predicted octanol–water partition coefficient (Wildman–Crippen LogP) is 1.53. The molecule has 0 radical (unpaired) electrons. The summed E-state index contributed by atoms with van der Waals surface area (Å²) >= 11 is 0. The van der Waals surface area contributed by atoms with E-state index in [1.54, 1.807) is 18.7 Å². The van der Waals surface area contributed by atoms with Gasteiger partial charge >= 0.3 is 0 Å². The fraction of sp³-hybridized carbons (Fsp3) is 0.250. The monoisotopic (exact) mass is 381 g/mol. The van der Waals surface area contributed by atoms with Crippen LogP contribution in [0.5, 0.6) is 0 Å². The smallest absolute Gasteiger partial charge is 0.242 e. The number of hydrogen-bond acceptors (Lipinski definition) is 5. The highest BCUT2D eigenvalue weighted by atomic mass is 32.2. The van der Waals surface area contributed by atoms with Gasteiger partial charge in [-0.3, -0.25) is 4.68 Å². The second kappa shape index (κ2) is 6.71.